The first-order valence-corrected chi connectivity index (χ1v) is 4.61. The smallest absolute Gasteiger partial charge is 0.297 e. The van der Waals surface area contributed by atoms with Crippen LogP contribution in [0.3, 0.4) is 0 Å². The van der Waals surface area contributed by atoms with E-state index in [-0.39, 0.29) is 6.23 Å². The Hall–Kier alpha value is -0.570. The van der Waals surface area contributed by atoms with Gasteiger partial charge >= 0.3 is 0 Å². The molecule has 0 heterocycles. The van der Waals surface area contributed by atoms with Crippen molar-refractivity contribution in [2.75, 3.05) is 19.6 Å². The summed E-state index contributed by atoms with van der Waals surface area (Å²) >= 11 is 0. The van der Waals surface area contributed by atoms with Crippen LogP contribution < -0.4 is 0 Å². The van der Waals surface area contributed by atoms with E-state index in [0.717, 1.165) is 24.1 Å². The molecule has 0 aromatic carbocycles. The van der Waals surface area contributed by atoms with E-state index in [9.17, 15) is 4.79 Å². The van der Waals surface area contributed by atoms with Crippen molar-refractivity contribution < 1.29 is 14.0 Å². The summed E-state index contributed by atoms with van der Waals surface area (Å²) in [5, 5.41) is 0. The van der Waals surface area contributed by atoms with Crippen LogP contribution in [0.15, 0.2) is 0 Å². The Kier molecular flexibility index (Phi) is 4.90. The summed E-state index contributed by atoms with van der Waals surface area (Å²) in [6, 6.07) is 0. The number of nitrogens with zero attached hydrogens (tertiary/aromatic N) is 1. The predicted octanol–water partition coefficient (Wildman–Crippen LogP) is 1.38. The predicted molar refractivity (Wildman–Crippen MR) is 48.5 cm³/mol. The molecule has 0 aliphatic carbocycles. The van der Waals surface area contributed by atoms with E-state index in [4.69, 9.17) is 4.74 Å². The monoisotopic (exact) mass is 174 g/mol. The van der Waals surface area contributed by atoms with Crippen LogP contribution in [0.5, 0.6) is 0 Å². The molecule has 12 heavy (non-hydrogen) atoms. The average Bonchev–Trinajstić information content (AvgIpc) is 2.09. The maximum atomic E-state index is 10.2. The molecule has 1 unspecified atom stereocenters. The lowest BCUT2D eigenvalue weighted by molar-refractivity contribution is -0.962. The number of quaternary nitrogens is 1. The zero-order chi connectivity index (χ0) is 9.61. The standard InChI is InChI=1S/C9H20NO2/c1-5-10(6-2,7-3)9(4)12-8-11/h8-9H,5-7H2,1-4H3/q+1. The number of rotatable bonds is 6. The molecule has 1 atom stereocenters. The fourth-order valence-corrected chi connectivity index (χ4v) is 1.65. The summed E-state index contributed by atoms with van der Waals surface area (Å²) in [5.74, 6) is 0. The molecule has 72 valence electrons. The summed E-state index contributed by atoms with van der Waals surface area (Å²) in [6.45, 7) is 11.9. The molecule has 0 amide bonds. The number of carbonyl (C=O) groups excluding carboxylic acids is 1. The third-order valence-corrected chi connectivity index (χ3v) is 2.91. The number of carbonyl (C=O) groups is 1. The molecule has 0 N–H and O–H groups in total. The maximum Gasteiger partial charge on any atom is 0.297 e. The van der Waals surface area contributed by atoms with Crippen LogP contribution in [0, 0.1) is 0 Å². The van der Waals surface area contributed by atoms with Gasteiger partial charge in [0.2, 0.25) is 6.23 Å². The van der Waals surface area contributed by atoms with Gasteiger partial charge in [0, 0.05) is 6.92 Å². The lowest BCUT2D eigenvalue weighted by Gasteiger charge is -2.39. The fraction of sp³-hybridized carbons (Fsp3) is 0.889. The minimum absolute atomic E-state index is 0.0255. The fourth-order valence-electron chi connectivity index (χ4n) is 1.65. The highest BCUT2D eigenvalue weighted by atomic mass is 16.5. The maximum absolute atomic E-state index is 10.2. The van der Waals surface area contributed by atoms with Crippen molar-refractivity contribution in [2.45, 2.75) is 33.9 Å². The third kappa shape index (κ3) is 2.21. The molecule has 0 spiro atoms. The Morgan fingerprint density at radius 3 is 1.92 bits per heavy atom. The Bertz CT molecular complexity index is 124. The molecule has 0 aromatic rings. The summed E-state index contributed by atoms with van der Waals surface area (Å²) in [5.41, 5.74) is 0. The quantitative estimate of drug-likeness (QED) is 0.345. The lowest BCUT2D eigenvalue weighted by Crippen LogP contribution is -2.54. The summed E-state index contributed by atoms with van der Waals surface area (Å²) in [6.07, 6.45) is -0.0255. The van der Waals surface area contributed by atoms with Gasteiger partial charge in [-0.25, -0.2) is 0 Å². The van der Waals surface area contributed by atoms with Crippen molar-refractivity contribution in [3.05, 3.63) is 0 Å². The molecule has 3 nitrogen and oxygen atoms in total. The van der Waals surface area contributed by atoms with Gasteiger partial charge in [-0.2, -0.15) is 0 Å². The Morgan fingerprint density at radius 1 is 1.25 bits per heavy atom. The van der Waals surface area contributed by atoms with Gasteiger partial charge in [0.1, 0.15) is 0 Å². The molecule has 0 radical (unpaired) electrons. The summed E-state index contributed by atoms with van der Waals surface area (Å²) < 4.78 is 5.82. The van der Waals surface area contributed by atoms with Crippen molar-refractivity contribution >= 4 is 6.47 Å². The molecular weight excluding hydrogens is 154 g/mol. The van der Waals surface area contributed by atoms with E-state index in [0.29, 0.717) is 6.47 Å². The van der Waals surface area contributed by atoms with E-state index in [1.807, 2.05) is 6.92 Å². The van der Waals surface area contributed by atoms with Crippen LogP contribution in [0.25, 0.3) is 0 Å². The van der Waals surface area contributed by atoms with Gasteiger partial charge in [-0.1, -0.05) is 0 Å². The Balaban J connectivity index is 4.34. The number of hydrogen-bond acceptors (Lipinski definition) is 2. The van der Waals surface area contributed by atoms with Crippen LogP contribution in [-0.4, -0.2) is 36.8 Å². The van der Waals surface area contributed by atoms with Gasteiger partial charge in [-0.3, -0.25) is 9.28 Å². The highest BCUT2D eigenvalue weighted by molar-refractivity contribution is 5.37. The van der Waals surface area contributed by atoms with Gasteiger partial charge in [-0.15, -0.1) is 0 Å². The molecule has 3 heteroatoms. The second kappa shape index (κ2) is 5.14. The van der Waals surface area contributed by atoms with Gasteiger partial charge < -0.3 is 4.74 Å². The van der Waals surface area contributed by atoms with Gasteiger partial charge in [0.05, 0.1) is 19.6 Å². The molecule has 0 saturated carbocycles. The highest BCUT2D eigenvalue weighted by Crippen LogP contribution is 2.12. The minimum atomic E-state index is -0.0255. The van der Waals surface area contributed by atoms with Gasteiger partial charge in [0.15, 0.2) is 0 Å². The van der Waals surface area contributed by atoms with Crippen LogP contribution >= 0.6 is 0 Å². The van der Waals surface area contributed by atoms with Crippen LogP contribution in [0.1, 0.15) is 27.7 Å². The van der Waals surface area contributed by atoms with Crippen molar-refractivity contribution in [1.82, 2.24) is 0 Å². The summed E-state index contributed by atoms with van der Waals surface area (Å²) in [7, 11) is 0. The zero-order valence-corrected chi connectivity index (χ0v) is 8.54. The third-order valence-electron chi connectivity index (χ3n) is 2.91. The first-order valence-electron chi connectivity index (χ1n) is 4.61. The molecule has 0 aliphatic heterocycles. The molecule has 0 aromatic heterocycles. The van der Waals surface area contributed by atoms with Crippen molar-refractivity contribution in [2.24, 2.45) is 0 Å². The van der Waals surface area contributed by atoms with E-state index in [2.05, 4.69) is 20.8 Å². The zero-order valence-electron chi connectivity index (χ0n) is 8.54. The lowest BCUT2D eigenvalue weighted by atomic mass is 10.3. The van der Waals surface area contributed by atoms with Crippen LogP contribution in [-0.2, 0) is 9.53 Å². The molecule has 0 fully saturated rings. The molecule has 0 bridgehead atoms. The number of hydrogen-bond donors (Lipinski definition) is 0. The Labute approximate surface area is 74.9 Å². The van der Waals surface area contributed by atoms with E-state index >= 15 is 0 Å². The average molecular weight is 174 g/mol. The summed E-state index contributed by atoms with van der Waals surface area (Å²) in [4.78, 5) is 10.2. The second-order valence-corrected chi connectivity index (χ2v) is 3.00. The first-order chi connectivity index (χ1) is 5.66. The topological polar surface area (TPSA) is 26.3 Å². The van der Waals surface area contributed by atoms with Crippen molar-refractivity contribution in [3.63, 3.8) is 0 Å². The van der Waals surface area contributed by atoms with Crippen molar-refractivity contribution in [1.29, 1.82) is 0 Å². The molecule has 0 saturated heterocycles. The normalized spacial score (nSPS) is 14.0. The minimum Gasteiger partial charge on any atom is -0.415 e. The molecule has 0 rings (SSSR count). The van der Waals surface area contributed by atoms with Gasteiger partial charge in [-0.05, 0) is 20.8 Å². The SMILES string of the molecule is CC[N+](CC)(CC)C(C)OC=O. The molecular formula is C9H20NO2+. The van der Waals surface area contributed by atoms with E-state index in [1.165, 1.54) is 0 Å². The highest BCUT2D eigenvalue weighted by Gasteiger charge is 2.29. The van der Waals surface area contributed by atoms with E-state index in [1.54, 1.807) is 0 Å². The number of ether oxygens (including phenoxy) is 1. The van der Waals surface area contributed by atoms with Crippen molar-refractivity contribution in [3.8, 4) is 0 Å². The molecule has 0 aliphatic rings. The second-order valence-electron chi connectivity index (χ2n) is 3.00. The first kappa shape index (κ1) is 11.4. The largest absolute Gasteiger partial charge is 0.415 e. The Morgan fingerprint density at radius 2 is 1.67 bits per heavy atom. The van der Waals surface area contributed by atoms with Crippen LogP contribution in [0.4, 0.5) is 0 Å². The van der Waals surface area contributed by atoms with Gasteiger partial charge in [0.25, 0.3) is 6.47 Å². The van der Waals surface area contributed by atoms with E-state index < -0.39 is 0 Å². The van der Waals surface area contributed by atoms with Crippen LogP contribution in [0.2, 0.25) is 0 Å².